The van der Waals surface area contributed by atoms with Gasteiger partial charge in [0.05, 0.1) is 24.9 Å². The second-order valence-corrected chi connectivity index (χ2v) is 7.74. The molecule has 2 aliphatic rings. The van der Waals surface area contributed by atoms with Crippen LogP contribution in [-0.2, 0) is 17.8 Å². The maximum atomic E-state index is 12.1. The van der Waals surface area contributed by atoms with Gasteiger partial charge in [0.15, 0.2) is 0 Å². The van der Waals surface area contributed by atoms with Crippen LogP contribution in [0, 0.1) is 0 Å². The summed E-state index contributed by atoms with van der Waals surface area (Å²) in [7, 11) is 0. The van der Waals surface area contributed by atoms with Crippen molar-refractivity contribution >= 4 is 11.6 Å². The van der Waals surface area contributed by atoms with Gasteiger partial charge in [-0.1, -0.05) is 0 Å². The Morgan fingerprint density at radius 1 is 1.29 bits per heavy atom. The van der Waals surface area contributed by atoms with Gasteiger partial charge in [-0.15, -0.1) is 0 Å². The van der Waals surface area contributed by atoms with Gasteiger partial charge in [-0.2, -0.15) is 5.10 Å². The molecule has 0 aliphatic carbocycles. The van der Waals surface area contributed by atoms with Gasteiger partial charge >= 0.3 is 0 Å². The van der Waals surface area contributed by atoms with Gasteiger partial charge in [-0.05, 0) is 39.2 Å². The van der Waals surface area contributed by atoms with Crippen LogP contribution in [-0.4, -0.2) is 45.5 Å². The van der Waals surface area contributed by atoms with Crippen molar-refractivity contribution in [1.82, 2.24) is 19.7 Å². The first-order chi connectivity index (χ1) is 13.6. The number of fused-ring (bicyclic) bond motifs is 1. The number of anilines is 2. The molecule has 2 aromatic heterocycles. The zero-order chi connectivity index (χ0) is 19.5. The van der Waals surface area contributed by atoms with E-state index in [1.807, 2.05) is 19.9 Å². The Kier molecular flexibility index (Phi) is 5.57. The molecule has 2 aromatic rings. The van der Waals surface area contributed by atoms with Gasteiger partial charge in [0.2, 0.25) is 0 Å². The molecule has 4 rings (SSSR count). The van der Waals surface area contributed by atoms with E-state index in [4.69, 9.17) is 4.74 Å². The van der Waals surface area contributed by atoms with Gasteiger partial charge in [0, 0.05) is 37.2 Å². The molecule has 28 heavy (non-hydrogen) atoms. The van der Waals surface area contributed by atoms with E-state index in [0.29, 0.717) is 12.6 Å². The molecule has 8 nitrogen and oxygen atoms in total. The summed E-state index contributed by atoms with van der Waals surface area (Å²) < 4.78 is 7.15. The lowest BCUT2D eigenvalue weighted by atomic mass is 10.0. The predicted molar refractivity (Wildman–Crippen MR) is 108 cm³/mol. The number of piperidine rings is 1. The molecule has 1 saturated heterocycles. The molecule has 8 heteroatoms. The van der Waals surface area contributed by atoms with Crippen LogP contribution in [0.4, 0.5) is 11.6 Å². The summed E-state index contributed by atoms with van der Waals surface area (Å²) in [5.74, 6) is 1.74. The first-order valence-corrected chi connectivity index (χ1v) is 10.1. The first-order valence-electron chi connectivity index (χ1n) is 10.1. The second-order valence-electron chi connectivity index (χ2n) is 7.74. The highest BCUT2D eigenvalue weighted by Gasteiger charge is 2.25. The zero-order valence-electron chi connectivity index (χ0n) is 16.6. The number of aromatic nitrogens is 4. The highest BCUT2D eigenvalue weighted by atomic mass is 16.5. The van der Waals surface area contributed by atoms with E-state index in [2.05, 4.69) is 25.3 Å². The smallest absolute Gasteiger partial charge is 0.267 e. The van der Waals surface area contributed by atoms with Crippen molar-refractivity contribution in [3.8, 4) is 0 Å². The van der Waals surface area contributed by atoms with Crippen LogP contribution in [0.3, 0.4) is 0 Å². The van der Waals surface area contributed by atoms with E-state index in [9.17, 15) is 4.79 Å². The summed E-state index contributed by atoms with van der Waals surface area (Å²) in [6.07, 6.45) is 5.88. The van der Waals surface area contributed by atoms with Crippen molar-refractivity contribution in [2.45, 2.75) is 58.2 Å². The summed E-state index contributed by atoms with van der Waals surface area (Å²) in [5.41, 5.74) is 2.09. The topological polar surface area (TPSA) is 85.2 Å². The molecule has 1 N–H and O–H groups in total. The third-order valence-electron chi connectivity index (χ3n) is 5.49. The molecule has 2 aliphatic heterocycles. The standard InChI is InChI=1S/C20H28N6O2/c1-14(2)26-19(27)7-6-18(24-26)25-9-4-3-5-15(25)11-21-20-16-12-28-10-8-17(16)22-13-23-20/h6-7,13-15H,3-5,8-12H2,1-2H3,(H,21,22,23). The van der Waals surface area contributed by atoms with Crippen molar-refractivity contribution < 1.29 is 4.74 Å². The maximum absolute atomic E-state index is 12.1. The Labute approximate surface area is 164 Å². The van der Waals surface area contributed by atoms with Crippen LogP contribution in [0.25, 0.3) is 0 Å². The SMILES string of the molecule is CC(C)n1nc(N2CCCCC2CNc2ncnc3c2COCC3)ccc1=O. The Morgan fingerprint density at radius 3 is 3.04 bits per heavy atom. The maximum Gasteiger partial charge on any atom is 0.267 e. The van der Waals surface area contributed by atoms with Gasteiger partial charge in [-0.25, -0.2) is 14.6 Å². The Balaban J connectivity index is 1.52. The van der Waals surface area contributed by atoms with Gasteiger partial charge in [0.25, 0.3) is 5.56 Å². The molecule has 0 aromatic carbocycles. The minimum atomic E-state index is -0.0574. The Bertz CT molecular complexity index is 881. The molecule has 0 amide bonds. The molecule has 1 fully saturated rings. The van der Waals surface area contributed by atoms with Crippen molar-refractivity contribution in [3.05, 3.63) is 40.1 Å². The van der Waals surface area contributed by atoms with E-state index in [0.717, 1.165) is 61.9 Å². The minimum absolute atomic E-state index is 0.0429. The van der Waals surface area contributed by atoms with Crippen molar-refractivity contribution in [3.63, 3.8) is 0 Å². The number of hydrogen-bond donors (Lipinski definition) is 1. The van der Waals surface area contributed by atoms with Crippen LogP contribution < -0.4 is 15.8 Å². The molecule has 1 unspecified atom stereocenters. The number of rotatable bonds is 5. The molecule has 1 atom stereocenters. The van der Waals surface area contributed by atoms with E-state index in [-0.39, 0.29) is 11.6 Å². The highest BCUT2D eigenvalue weighted by Crippen LogP contribution is 2.25. The van der Waals surface area contributed by atoms with Crippen LogP contribution >= 0.6 is 0 Å². The molecule has 0 bridgehead atoms. The summed E-state index contributed by atoms with van der Waals surface area (Å²) in [5, 5.41) is 8.15. The minimum Gasteiger partial charge on any atom is -0.376 e. The molecule has 150 valence electrons. The average molecular weight is 384 g/mol. The van der Waals surface area contributed by atoms with Crippen LogP contribution in [0.2, 0.25) is 0 Å². The van der Waals surface area contributed by atoms with Gasteiger partial charge < -0.3 is 15.0 Å². The Hall–Kier alpha value is -2.48. The summed E-state index contributed by atoms with van der Waals surface area (Å²) in [6.45, 7) is 6.96. The number of nitrogens with zero attached hydrogens (tertiary/aromatic N) is 5. The highest BCUT2D eigenvalue weighted by molar-refractivity contribution is 5.47. The number of nitrogens with one attached hydrogen (secondary N) is 1. The van der Waals surface area contributed by atoms with Gasteiger partial charge in [0.1, 0.15) is 18.0 Å². The Morgan fingerprint density at radius 2 is 2.18 bits per heavy atom. The molecule has 0 spiro atoms. The first kappa shape index (κ1) is 18.9. The van der Waals surface area contributed by atoms with Crippen LogP contribution in [0.1, 0.15) is 50.4 Å². The molecule has 0 saturated carbocycles. The fourth-order valence-corrected chi connectivity index (χ4v) is 3.98. The monoisotopic (exact) mass is 384 g/mol. The van der Waals surface area contributed by atoms with E-state index >= 15 is 0 Å². The predicted octanol–water partition coefficient (Wildman–Crippen LogP) is 2.16. The largest absolute Gasteiger partial charge is 0.376 e. The van der Waals surface area contributed by atoms with E-state index < -0.39 is 0 Å². The van der Waals surface area contributed by atoms with E-state index in [1.165, 1.54) is 6.42 Å². The van der Waals surface area contributed by atoms with E-state index in [1.54, 1.807) is 17.1 Å². The lowest BCUT2D eigenvalue weighted by Crippen LogP contribution is -2.45. The lowest BCUT2D eigenvalue weighted by Gasteiger charge is -2.37. The normalized spacial score (nSPS) is 19.5. The molecular weight excluding hydrogens is 356 g/mol. The fraction of sp³-hybridized carbons (Fsp3) is 0.600. The molecular formula is C20H28N6O2. The van der Waals surface area contributed by atoms with Crippen molar-refractivity contribution in [2.75, 3.05) is 29.9 Å². The quantitative estimate of drug-likeness (QED) is 0.845. The van der Waals surface area contributed by atoms with Crippen molar-refractivity contribution in [2.24, 2.45) is 0 Å². The molecule has 4 heterocycles. The average Bonchev–Trinajstić information content (AvgIpc) is 2.72. The lowest BCUT2D eigenvalue weighted by molar-refractivity contribution is 0.109. The third kappa shape index (κ3) is 3.87. The number of hydrogen-bond acceptors (Lipinski definition) is 7. The summed E-state index contributed by atoms with van der Waals surface area (Å²) in [4.78, 5) is 23.2. The van der Waals surface area contributed by atoms with Gasteiger partial charge in [-0.3, -0.25) is 4.79 Å². The fourth-order valence-electron chi connectivity index (χ4n) is 3.98. The van der Waals surface area contributed by atoms with Crippen LogP contribution in [0.15, 0.2) is 23.3 Å². The second kappa shape index (κ2) is 8.26. The summed E-state index contributed by atoms with van der Waals surface area (Å²) in [6, 6.07) is 3.82. The zero-order valence-corrected chi connectivity index (χ0v) is 16.6. The van der Waals surface area contributed by atoms with Crippen molar-refractivity contribution in [1.29, 1.82) is 0 Å². The summed E-state index contributed by atoms with van der Waals surface area (Å²) >= 11 is 0. The molecule has 0 radical (unpaired) electrons. The van der Waals surface area contributed by atoms with Crippen LogP contribution in [0.5, 0.6) is 0 Å². The third-order valence-corrected chi connectivity index (χ3v) is 5.49. The number of ether oxygens (including phenoxy) is 1.